The minimum Gasteiger partial charge on any atom is -0.481 e. The number of hydrogen-bond acceptors (Lipinski definition) is 13. The van der Waals surface area contributed by atoms with Gasteiger partial charge in [-0.2, -0.15) is 38.2 Å². The molecule has 68 heavy (non-hydrogen) atoms. The smallest absolute Gasteiger partial charge is 0.374 e. The van der Waals surface area contributed by atoms with Gasteiger partial charge in [0.1, 0.15) is 5.41 Å². The summed E-state index contributed by atoms with van der Waals surface area (Å²) in [6.07, 6.45) is 8.43. The highest BCUT2D eigenvalue weighted by Gasteiger charge is 2.48. The van der Waals surface area contributed by atoms with Crippen molar-refractivity contribution in [3.8, 4) is 0 Å². The summed E-state index contributed by atoms with van der Waals surface area (Å²) >= 11 is 0. The van der Waals surface area contributed by atoms with E-state index in [4.69, 9.17) is 9.52 Å². The average molecular weight is 1030 g/mol. The van der Waals surface area contributed by atoms with Crippen molar-refractivity contribution < 1.29 is 80.4 Å². The summed E-state index contributed by atoms with van der Waals surface area (Å²) in [4.78, 5) is 41.3. The van der Waals surface area contributed by atoms with E-state index in [0.717, 1.165) is 0 Å². The van der Waals surface area contributed by atoms with Gasteiger partial charge in [0.05, 0.1) is 28.2 Å². The number of nitrogens with zero attached hydrogens (tertiary/aromatic N) is 2. The summed E-state index contributed by atoms with van der Waals surface area (Å²) < 4.78 is 140. The Morgan fingerprint density at radius 1 is 0.765 bits per heavy atom. The highest BCUT2D eigenvalue weighted by molar-refractivity contribution is 7.86. The SMILES string of the molecule is CC1(C)C(=CC=C2C=C(C=Cc3oc4ccccc4[n+]3CCCS(=O)(=O)O)CC(C(=O)NCCCCCC(=O)O)(C(=O)NCCS(=O)(=O)O)C2)N(CCCS(=O)(=O)O)c2ccc(S(=O)(=O)O)cc21. The molecule has 2 heterocycles. The van der Waals surface area contributed by atoms with Crippen LogP contribution in [0.15, 0.2) is 92.9 Å². The number of oxazole rings is 1. The second-order valence-electron chi connectivity index (χ2n) is 17.1. The molecular formula is C43H55N4O17S4+. The third-order valence-corrected chi connectivity index (χ3v) is 14.7. The van der Waals surface area contributed by atoms with Gasteiger partial charge in [0.25, 0.3) is 46.0 Å². The molecule has 21 nitrogen and oxygen atoms in total. The van der Waals surface area contributed by atoms with E-state index in [1.807, 2.05) is 0 Å². The maximum Gasteiger partial charge on any atom is 0.374 e. The number of carbonyl (C=O) groups excluding carboxylic acids is 2. The van der Waals surface area contributed by atoms with Crippen LogP contribution in [0, 0.1) is 5.41 Å². The quantitative estimate of drug-likeness (QED) is 0.0309. The number of aryl methyl sites for hydroxylation is 1. The Morgan fingerprint density at radius 3 is 2.06 bits per heavy atom. The molecule has 0 saturated carbocycles. The molecule has 0 radical (unpaired) electrons. The molecule has 2 aromatic carbocycles. The second-order valence-corrected chi connectivity index (χ2v) is 23.2. The van der Waals surface area contributed by atoms with Crippen molar-refractivity contribution in [2.24, 2.45) is 5.41 Å². The summed E-state index contributed by atoms with van der Waals surface area (Å²) in [7, 11) is -17.9. The maximum absolute atomic E-state index is 14.5. The summed E-state index contributed by atoms with van der Waals surface area (Å²) in [5.41, 5.74) is 0.125. The number of fused-ring (bicyclic) bond motifs is 2. The Morgan fingerprint density at radius 2 is 1.41 bits per heavy atom. The van der Waals surface area contributed by atoms with E-state index in [1.54, 1.807) is 78.0 Å². The van der Waals surface area contributed by atoms with Gasteiger partial charge in [0, 0.05) is 55.3 Å². The zero-order valence-electron chi connectivity index (χ0n) is 37.2. The van der Waals surface area contributed by atoms with Gasteiger partial charge < -0.3 is 25.1 Å². The van der Waals surface area contributed by atoms with Gasteiger partial charge in [-0.05, 0) is 85.2 Å². The van der Waals surface area contributed by atoms with E-state index in [-0.39, 0.29) is 57.6 Å². The molecule has 0 bridgehead atoms. The number of unbranched alkanes of at least 4 members (excludes halogenated alkanes) is 2. The fraction of sp³-hybridized carbons (Fsp3) is 0.442. The standard InChI is InChI=1S/C43H54N4O17S4/c1-42(2)33-27-32(68(61,62)63)15-16-34(33)46(21-8-23-65(52,53)54)37(42)17-13-30-26-31(14-18-38-47(22-9-24-66(55,56)57)35-10-5-6-11-36(35)64-38)29-43(28-30,41(51)45-20-25-67(58,59)60)40(50)44-19-7-3-4-12-39(48)49/h5-6,10-11,13-18,26-27H,3-4,7-9,12,19-25,28-29H2,1-2H3,(H6-,44,45,48,49,50,51,52,53,54,55,56,57,58,59,60,61,62,63)/p+1. The molecule has 0 saturated heterocycles. The topological polar surface area (TPSA) is 333 Å². The van der Waals surface area contributed by atoms with Gasteiger partial charge in [0.2, 0.25) is 17.4 Å². The van der Waals surface area contributed by atoms with Crippen LogP contribution >= 0.6 is 0 Å². The van der Waals surface area contributed by atoms with Crippen molar-refractivity contribution in [3.63, 3.8) is 0 Å². The number of para-hydroxylation sites is 2. The Bertz CT molecular complexity index is 3010. The highest BCUT2D eigenvalue weighted by Crippen LogP contribution is 2.49. The van der Waals surface area contributed by atoms with Gasteiger partial charge in [-0.3, -0.25) is 32.6 Å². The van der Waals surface area contributed by atoms with Gasteiger partial charge >= 0.3 is 11.9 Å². The Labute approximate surface area is 394 Å². The van der Waals surface area contributed by atoms with Crippen LogP contribution < -0.4 is 20.1 Å². The summed E-state index contributed by atoms with van der Waals surface area (Å²) in [6.45, 7) is 3.08. The number of rotatable bonds is 23. The lowest BCUT2D eigenvalue weighted by Gasteiger charge is -2.35. The molecular weight excluding hydrogens is 973 g/mol. The van der Waals surface area contributed by atoms with Crippen molar-refractivity contribution in [3.05, 3.63) is 95.1 Å². The molecule has 1 aromatic heterocycles. The first-order chi connectivity index (χ1) is 31.6. The third-order valence-electron chi connectivity index (χ3n) is 11.5. The van der Waals surface area contributed by atoms with Crippen LogP contribution in [-0.2, 0) is 66.8 Å². The van der Waals surface area contributed by atoms with E-state index in [1.165, 1.54) is 18.2 Å². The third kappa shape index (κ3) is 14.4. The van der Waals surface area contributed by atoms with Crippen LogP contribution in [-0.4, -0.2) is 112 Å². The van der Waals surface area contributed by atoms with Gasteiger partial charge in [-0.25, -0.2) is 0 Å². The number of carboxylic acid groups (broad SMARTS) is 1. The van der Waals surface area contributed by atoms with E-state index < -0.39 is 97.8 Å². The molecule has 7 N–H and O–H groups in total. The monoisotopic (exact) mass is 1030 g/mol. The Kier molecular flexibility index (Phi) is 17.0. The molecule has 25 heteroatoms. The minimum absolute atomic E-state index is 0.00557. The van der Waals surface area contributed by atoms with E-state index in [0.29, 0.717) is 58.5 Å². The van der Waals surface area contributed by atoms with Crippen molar-refractivity contribution in [2.75, 3.05) is 41.8 Å². The van der Waals surface area contributed by atoms with Crippen LogP contribution in [0.2, 0.25) is 0 Å². The van der Waals surface area contributed by atoms with Gasteiger partial charge in [0.15, 0.2) is 6.54 Å². The first-order valence-electron chi connectivity index (χ1n) is 21.3. The van der Waals surface area contributed by atoms with Crippen molar-refractivity contribution in [1.29, 1.82) is 0 Å². The zero-order chi connectivity index (χ0) is 50.3. The van der Waals surface area contributed by atoms with Crippen LogP contribution in [0.25, 0.3) is 17.2 Å². The van der Waals surface area contributed by atoms with E-state index in [9.17, 15) is 66.3 Å². The molecule has 5 rings (SSSR count). The number of hydrogen-bond donors (Lipinski definition) is 7. The zero-order valence-corrected chi connectivity index (χ0v) is 40.5. The molecule has 2 amide bonds. The number of benzene rings is 2. The van der Waals surface area contributed by atoms with Gasteiger partial charge in [-0.15, -0.1) is 0 Å². The van der Waals surface area contributed by atoms with Crippen LogP contribution in [0.5, 0.6) is 0 Å². The molecule has 1 aliphatic heterocycles. The van der Waals surface area contributed by atoms with E-state index >= 15 is 0 Å². The first kappa shape index (κ1) is 53.7. The average Bonchev–Trinajstić information content (AvgIpc) is 3.68. The predicted octanol–water partition coefficient (Wildman–Crippen LogP) is 3.62. The van der Waals surface area contributed by atoms with Crippen LogP contribution in [0.4, 0.5) is 5.69 Å². The fourth-order valence-corrected chi connectivity index (χ4v) is 10.1. The molecule has 372 valence electrons. The number of carbonyl (C=O) groups is 3. The lowest BCUT2D eigenvalue weighted by atomic mass is 9.70. The van der Waals surface area contributed by atoms with Crippen molar-refractivity contribution in [1.82, 2.24) is 10.6 Å². The highest BCUT2D eigenvalue weighted by atomic mass is 32.2. The minimum atomic E-state index is -4.65. The summed E-state index contributed by atoms with van der Waals surface area (Å²) in [5, 5.41) is 14.3. The van der Waals surface area contributed by atoms with Crippen LogP contribution in [0.1, 0.15) is 76.7 Å². The molecule has 1 unspecified atom stereocenters. The number of carboxylic acids is 1. The molecule has 1 aliphatic carbocycles. The number of aliphatic carboxylic acids is 1. The molecule has 0 spiro atoms. The lowest BCUT2D eigenvalue weighted by molar-refractivity contribution is -0.677. The largest absolute Gasteiger partial charge is 0.481 e. The fourth-order valence-electron chi connectivity index (χ4n) is 8.29. The number of aromatic nitrogens is 1. The van der Waals surface area contributed by atoms with Crippen molar-refractivity contribution in [2.45, 2.75) is 82.1 Å². The normalized spacial score (nSPS) is 18.9. The lowest BCUT2D eigenvalue weighted by Crippen LogP contribution is -2.53. The second kappa shape index (κ2) is 21.6. The Balaban J connectivity index is 1.65. The maximum atomic E-state index is 14.5. The predicted molar refractivity (Wildman–Crippen MR) is 249 cm³/mol. The number of nitrogens with one attached hydrogen (secondary N) is 2. The first-order valence-corrected chi connectivity index (χ1v) is 27.6. The van der Waals surface area contributed by atoms with Crippen molar-refractivity contribution >= 4 is 81.1 Å². The molecule has 0 fully saturated rings. The van der Waals surface area contributed by atoms with Gasteiger partial charge in [-0.1, -0.05) is 44.6 Å². The summed E-state index contributed by atoms with van der Waals surface area (Å²) in [6, 6.07) is 10.8. The molecule has 1 atom stereocenters. The number of anilines is 1. The molecule has 3 aromatic rings. The van der Waals surface area contributed by atoms with Crippen LogP contribution in [0.3, 0.4) is 0 Å². The summed E-state index contributed by atoms with van der Waals surface area (Å²) in [5.74, 6) is -4.44. The molecule has 2 aliphatic rings. The van der Waals surface area contributed by atoms with E-state index in [2.05, 4.69) is 10.6 Å². The Hall–Kier alpha value is -5.28. The number of amides is 2. The number of allylic oxidation sites excluding steroid dienone is 7.